The van der Waals surface area contributed by atoms with Gasteiger partial charge in [-0.2, -0.15) is 0 Å². The number of ether oxygens (including phenoxy) is 1. The van der Waals surface area contributed by atoms with E-state index in [-0.39, 0.29) is 5.71 Å². The van der Waals surface area contributed by atoms with Crippen LogP contribution >= 0.6 is 23.2 Å². The van der Waals surface area contributed by atoms with E-state index in [1.54, 1.807) is 18.2 Å². The van der Waals surface area contributed by atoms with Crippen LogP contribution in [-0.4, -0.2) is 20.7 Å². The summed E-state index contributed by atoms with van der Waals surface area (Å²) in [6, 6.07) is 12.8. The number of hydrogen-bond donors (Lipinski definition) is 3. The van der Waals surface area contributed by atoms with Gasteiger partial charge in [-0.25, -0.2) is 4.98 Å². The Balaban J connectivity index is 1.64. The third kappa shape index (κ3) is 3.77. The normalized spacial score (nSPS) is 12.1. The van der Waals surface area contributed by atoms with Crippen LogP contribution in [0.25, 0.3) is 11.0 Å². The number of H-pyrrole nitrogens is 1. The topological polar surface area (TPSA) is 101 Å². The van der Waals surface area contributed by atoms with E-state index in [9.17, 15) is 0 Å². The lowest BCUT2D eigenvalue weighted by Gasteiger charge is -2.18. The van der Waals surface area contributed by atoms with Crippen molar-refractivity contribution in [3.8, 4) is 5.75 Å². The van der Waals surface area contributed by atoms with Gasteiger partial charge in [0.25, 0.3) is 0 Å². The minimum Gasteiger partial charge on any atom is -0.486 e. The summed E-state index contributed by atoms with van der Waals surface area (Å²) >= 11 is 12.4. The molecule has 2 aromatic heterocycles. The van der Waals surface area contributed by atoms with Crippen LogP contribution in [0.5, 0.6) is 5.75 Å². The second-order valence-electron chi connectivity index (χ2n) is 6.50. The molecule has 0 saturated heterocycles. The lowest BCUT2D eigenvalue weighted by atomic mass is 10.1. The number of rotatable bonds is 5. The third-order valence-electron chi connectivity index (χ3n) is 4.53. The first kappa shape index (κ1) is 19.2. The van der Waals surface area contributed by atoms with E-state index in [2.05, 4.69) is 15.0 Å². The Bertz CT molecular complexity index is 1170. The molecule has 1 unspecified atom stereocenters. The fourth-order valence-corrected chi connectivity index (χ4v) is 3.77. The van der Waals surface area contributed by atoms with E-state index in [0.29, 0.717) is 38.4 Å². The molecule has 1 atom stereocenters. The summed E-state index contributed by atoms with van der Waals surface area (Å²) in [5, 5.41) is 9.43. The van der Waals surface area contributed by atoms with Crippen molar-refractivity contribution in [3.05, 3.63) is 81.9 Å². The first-order valence-corrected chi connectivity index (χ1v) is 9.58. The Hall–Kier alpha value is -3.09. The van der Waals surface area contributed by atoms with E-state index in [4.69, 9.17) is 39.1 Å². The molecule has 0 fully saturated rings. The van der Waals surface area contributed by atoms with Crippen molar-refractivity contribution in [2.45, 2.75) is 13.0 Å². The number of nitrogen functional groups attached to an aromatic ring is 1. The molecule has 6 nitrogen and oxygen atoms in total. The maximum absolute atomic E-state index is 8.58. The first-order valence-electron chi connectivity index (χ1n) is 8.83. The van der Waals surface area contributed by atoms with E-state index in [0.717, 1.165) is 11.0 Å². The van der Waals surface area contributed by atoms with Crippen molar-refractivity contribution in [2.75, 3.05) is 5.73 Å². The van der Waals surface area contributed by atoms with Gasteiger partial charge in [-0.05, 0) is 37.3 Å². The number of para-hydroxylation sites is 2. The van der Waals surface area contributed by atoms with Crippen molar-refractivity contribution in [2.24, 2.45) is 0 Å². The summed E-state index contributed by atoms with van der Waals surface area (Å²) in [7, 11) is 0. The number of aromatic amines is 1. The van der Waals surface area contributed by atoms with Crippen molar-refractivity contribution in [1.29, 1.82) is 5.41 Å². The Morgan fingerprint density at radius 3 is 2.59 bits per heavy atom. The Morgan fingerprint density at radius 2 is 1.86 bits per heavy atom. The summed E-state index contributed by atoms with van der Waals surface area (Å²) in [5.74, 6) is 0.967. The lowest BCUT2D eigenvalue weighted by molar-refractivity contribution is 0.227. The Morgan fingerprint density at radius 1 is 1.14 bits per heavy atom. The molecule has 0 amide bonds. The third-order valence-corrected chi connectivity index (χ3v) is 5.13. The van der Waals surface area contributed by atoms with Gasteiger partial charge >= 0.3 is 0 Å². The number of hydrogen-bond acceptors (Lipinski definition) is 5. The molecule has 4 rings (SSSR count). The smallest absolute Gasteiger partial charge is 0.157 e. The summed E-state index contributed by atoms with van der Waals surface area (Å²) in [6.45, 7) is 1.84. The summed E-state index contributed by atoms with van der Waals surface area (Å²) < 4.78 is 6.02. The van der Waals surface area contributed by atoms with Gasteiger partial charge in [0.2, 0.25) is 0 Å². The molecule has 0 saturated carbocycles. The molecule has 0 aliphatic rings. The lowest BCUT2D eigenvalue weighted by Crippen LogP contribution is -2.09. The highest BCUT2D eigenvalue weighted by molar-refractivity contribution is 6.35. The first-order chi connectivity index (χ1) is 13.9. The van der Waals surface area contributed by atoms with Gasteiger partial charge in [0.1, 0.15) is 17.6 Å². The van der Waals surface area contributed by atoms with Crippen LogP contribution in [0.4, 0.5) is 5.69 Å². The number of nitrogens with two attached hydrogens (primary N) is 1. The number of pyridine rings is 1. The number of anilines is 1. The molecule has 29 heavy (non-hydrogen) atoms. The van der Waals surface area contributed by atoms with Crippen molar-refractivity contribution in [1.82, 2.24) is 15.0 Å². The number of nitrogens with one attached hydrogen (secondary N) is 2. The summed E-state index contributed by atoms with van der Waals surface area (Å²) in [4.78, 5) is 11.6. The standard InChI is InChI=1S/C21H17Cl2N5O/c1-11(19-14(22)9-26-10-15(19)23)29-12-6-7-16(24)13(8-12)20(25)21-27-17-4-2-3-5-18(17)28-21/h2-11,25H,24H2,1H3,(H,27,28). The fourth-order valence-electron chi connectivity index (χ4n) is 3.10. The maximum atomic E-state index is 8.58. The van der Waals surface area contributed by atoms with Gasteiger partial charge in [0, 0.05) is 29.2 Å². The number of fused-ring (bicyclic) bond motifs is 1. The van der Waals surface area contributed by atoms with Crippen LogP contribution in [-0.2, 0) is 0 Å². The predicted molar refractivity (Wildman–Crippen MR) is 116 cm³/mol. The molecule has 0 radical (unpaired) electrons. The van der Waals surface area contributed by atoms with Crippen molar-refractivity contribution >= 4 is 45.6 Å². The maximum Gasteiger partial charge on any atom is 0.157 e. The van der Waals surface area contributed by atoms with Crippen molar-refractivity contribution in [3.63, 3.8) is 0 Å². The number of halogens is 2. The summed E-state index contributed by atoms with van der Waals surface area (Å²) in [6.07, 6.45) is 2.62. The zero-order valence-electron chi connectivity index (χ0n) is 15.4. The molecule has 8 heteroatoms. The van der Waals surface area contributed by atoms with Crippen LogP contribution < -0.4 is 10.5 Å². The van der Waals surface area contributed by atoms with E-state index in [1.807, 2.05) is 31.2 Å². The van der Waals surface area contributed by atoms with Gasteiger partial charge in [-0.15, -0.1) is 0 Å². The minimum absolute atomic E-state index is 0.178. The molecule has 4 aromatic rings. The quantitative estimate of drug-likeness (QED) is 0.294. The SMILES string of the molecule is CC(Oc1ccc(N)c(C(=N)c2nc3ccccc3[nH]2)c1)c1c(Cl)cncc1Cl. The zero-order chi connectivity index (χ0) is 20.5. The van der Waals surface area contributed by atoms with Crippen LogP contribution in [0.3, 0.4) is 0 Å². The van der Waals surface area contributed by atoms with E-state index >= 15 is 0 Å². The largest absolute Gasteiger partial charge is 0.486 e. The number of nitrogens with zero attached hydrogens (tertiary/aromatic N) is 2. The van der Waals surface area contributed by atoms with Gasteiger partial charge in [0.05, 0.1) is 21.1 Å². The van der Waals surface area contributed by atoms with Gasteiger partial charge in [-0.1, -0.05) is 35.3 Å². The minimum atomic E-state index is -0.421. The highest BCUT2D eigenvalue weighted by atomic mass is 35.5. The van der Waals surface area contributed by atoms with Crippen LogP contribution in [0.1, 0.15) is 30.0 Å². The number of aromatic nitrogens is 3. The zero-order valence-corrected chi connectivity index (χ0v) is 16.9. The number of benzene rings is 2. The van der Waals surface area contributed by atoms with E-state index in [1.165, 1.54) is 12.4 Å². The molecular weight excluding hydrogens is 409 g/mol. The molecule has 2 aromatic carbocycles. The summed E-state index contributed by atoms with van der Waals surface area (Å²) in [5.41, 5.74) is 9.56. The average molecular weight is 426 g/mol. The Kier molecular flexibility index (Phi) is 5.13. The Labute approximate surface area is 177 Å². The molecule has 0 aliphatic carbocycles. The fraction of sp³-hybridized carbons (Fsp3) is 0.0952. The van der Waals surface area contributed by atoms with Crippen LogP contribution in [0.2, 0.25) is 10.0 Å². The van der Waals surface area contributed by atoms with Crippen LogP contribution in [0.15, 0.2) is 54.9 Å². The van der Waals surface area contributed by atoms with Crippen molar-refractivity contribution < 1.29 is 4.74 Å². The monoisotopic (exact) mass is 425 g/mol. The number of imidazole rings is 1. The average Bonchev–Trinajstić information content (AvgIpc) is 3.13. The van der Waals surface area contributed by atoms with Crippen LogP contribution in [0, 0.1) is 5.41 Å². The second-order valence-corrected chi connectivity index (χ2v) is 7.32. The molecule has 146 valence electrons. The van der Waals surface area contributed by atoms with Gasteiger partial charge in [0.15, 0.2) is 5.82 Å². The molecule has 2 heterocycles. The molecule has 0 aliphatic heterocycles. The predicted octanol–water partition coefficient (Wildman–Crippen LogP) is 5.40. The molecule has 4 N–H and O–H groups in total. The molecule has 0 spiro atoms. The molecule has 0 bridgehead atoms. The van der Waals surface area contributed by atoms with Gasteiger partial charge in [-0.3, -0.25) is 10.4 Å². The van der Waals surface area contributed by atoms with Gasteiger partial charge < -0.3 is 15.5 Å². The second kappa shape index (κ2) is 7.73. The molecular formula is C21H17Cl2N5O. The van der Waals surface area contributed by atoms with E-state index < -0.39 is 6.10 Å². The highest BCUT2D eigenvalue weighted by Crippen LogP contribution is 2.33. The highest BCUT2D eigenvalue weighted by Gasteiger charge is 2.18.